The third-order valence-electron chi connectivity index (χ3n) is 4.84. The number of hydrogen-bond donors (Lipinski definition) is 2. The van der Waals surface area contributed by atoms with Crippen molar-refractivity contribution in [1.82, 2.24) is 10.2 Å². The molecule has 0 saturated carbocycles. The van der Waals surface area contributed by atoms with Crippen molar-refractivity contribution in [3.63, 3.8) is 0 Å². The first-order valence-electron chi connectivity index (χ1n) is 9.36. The Morgan fingerprint density at radius 2 is 2.04 bits per heavy atom. The third-order valence-corrected chi connectivity index (χ3v) is 7.60. The molecule has 2 heterocycles. The van der Waals surface area contributed by atoms with Crippen LogP contribution in [0.1, 0.15) is 38.6 Å². The van der Waals surface area contributed by atoms with Crippen LogP contribution in [0.15, 0.2) is 24.3 Å². The van der Waals surface area contributed by atoms with Crippen LogP contribution >= 0.6 is 22.6 Å². The van der Waals surface area contributed by atoms with Gasteiger partial charge < -0.3 is 0 Å². The van der Waals surface area contributed by atoms with E-state index < -0.39 is 0 Å². The predicted octanol–water partition coefficient (Wildman–Crippen LogP) is 3.22. The maximum absolute atomic E-state index is 12.6. The molecule has 2 N–H and O–H groups in total. The van der Waals surface area contributed by atoms with E-state index in [9.17, 15) is 9.59 Å². The molecule has 0 spiro atoms. The number of carbonyl (C=O) groups excluding carboxylic acids is 2. The van der Waals surface area contributed by atoms with Crippen molar-refractivity contribution < 1.29 is 9.59 Å². The van der Waals surface area contributed by atoms with Crippen LogP contribution in [0, 0.1) is 10.5 Å². The van der Waals surface area contributed by atoms with Gasteiger partial charge in [-0.1, -0.05) is 0 Å². The van der Waals surface area contributed by atoms with Gasteiger partial charge in [0.25, 0.3) is 0 Å². The fraction of sp³-hybridized carbons (Fsp3) is 0.333. The summed E-state index contributed by atoms with van der Waals surface area (Å²) in [5.41, 5.74) is 3.20. The number of fused-ring (bicyclic) bond motifs is 1. The van der Waals surface area contributed by atoms with Gasteiger partial charge >= 0.3 is 186 Å². The Labute approximate surface area is 185 Å². The number of aryl methyl sites for hydroxylation is 1. The summed E-state index contributed by atoms with van der Waals surface area (Å²) in [5.74, 6) is -0.103. The molecular formula is C21H24IN3O2Se. The maximum atomic E-state index is 12.6. The van der Waals surface area contributed by atoms with Crippen LogP contribution < -0.4 is 10.6 Å². The zero-order valence-electron chi connectivity index (χ0n) is 16.3. The van der Waals surface area contributed by atoms with Crippen molar-refractivity contribution in [2.24, 2.45) is 0 Å². The zero-order chi connectivity index (χ0) is 20.3. The van der Waals surface area contributed by atoms with Gasteiger partial charge in [0.2, 0.25) is 0 Å². The minimum atomic E-state index is -0.0801. The second kappa shape index (κ2) is 9.39. The predicted molar refractivity (Wildman–Crippen MR) is 124 cm³/mol. The molecule has 148 valence electrons. The van der Waals surface area contributed by atoms with E-state index in [1.807, 2.05) is 37.3 Å². The second-order valence-electron chi connectivity index (χ2n) is 6.60. The van der Waals surface area contributed by atoms with Gasteiger partial charge in [-0.2, -0.15) is 0 Å². The molecule has 0 radical (unpaired) electrons. The average Bonchev–Trinajstić information content (AvgIpc) is 3.19. The Kier molecular flexibility index (Phi) is 7.14. The summed E-state index contributed by atoms with van der Waals surface area (Å²) in [6.07, 6.45) is 1.94. The Bertz CT molecular complexity index is 932. The molecule has 5 nitrogen and oxygen atoms in total. The van der Waals surface area contributed by atoms with Gasteiger partial charge in [-0.3, -0.25) is 0 Å². The van der Waals surface area contributed by atoms with Gasteiger partial charge in [0.1, 0.15) is 0 Å². The molecule has 3 rings (SSSR count). The molecule has 28 heavy (non-hydrogen) atoms. The van der Waals surface area contributed by atoms with E-state index in [2.05, 4.69) is 52.0 Å². The number of carbonyl (C=O) groups is 2. The number of anilines is 1. The number of nitrogens with one attached hydrogen (secondary N) is 2. The molecule has 2 aromatic rings. The van der Waals surface area contributed by atoms with Crippen LogP contribution in [0.25, 0.3) is 11.6 Å². The van der Waals surface area contributed by atoms with E-state index in [-0.39, 0.29) is 26.3 Å². The number of benzene rings is 1. The van der Waals surface area contributed by atoms with Crippen molar-refractivity contribution in [2.45, 2.75) is 20.8 Å². The summed E-state index contributed by atoms with van der Waals surface area (Å²) in [4.78, 5) is 27.3. The van der Waals surface area contributed by atoms with Crippen molar-refractivity contribution >= 4 is 66.2 Å². The SMILES string of the molecule is CCN(CC)CCNC(=O)c1cc(C=C2C(=O)Nc3ccc(I)cc32)[se]c1C. The standard InChI is InChI=1S/C21H24IN3O2Se/c1-4-25(5-2)9-8-23-20(26)16-11-15(28-13(16)3)12-18-17-10-14(22)6-7-19(17)24-21(18)27/h6-7,10-12H,4-5,8-9H2,1-3H3,(H,23,26)(H,24,27). The van der Waals surface area contributed by atoms with Gasteiger partial charge in [-0.15, -0.1) is 0 Å². The Balaban J connectivity index is 1.76. The number of rotatable bonds is 7. The number of nitrogens with zero attached hydrogens (tertiary/aromatic N) is 1. The van der Waals surface area contributed by atoms with Crippen LogP contribution in [0.5, 0.6) is 0 Å². The monoisotopic (exact) mass is 557 g/mol. The van der Waals surface area contributed by atoms with Crippen LogP contribution in [-0.2, 0) is 4.79 Å². The first kappa shape index (κ1) is 21.3. The molecule has 0 aliphatic carbocycles. The van der Waals surface area contributed by atoms with Gasteiger partial charge in [0.05, 0.1) is 0 Å². The summed E-state index contributed by atoms with van der Waals surface area (Å²) in [5, 5.41) is 5.94. The number of likely N-dealkylation sites (N-methyl/N-ethyl adjacent to an activating group) is 1. The number of hydrogen-bond acceptors (Lipinski definition) is 3. The van der Waals surface area contributed by atoms with Crippen molar-refractivity contribution in [3.05, 3.63) is 47.8 Å². The van der Waals surface area contributed by atoms with Gasteiger partial charge in [-0.25, -0.2) is 0 Å². The Morgan fingerprint density at radius 1 is 1.29 bits per heavy atom. The average molecular weight is 556 g/mol. The molecule has 0 atom stereocenters. The normalized spacial score (nSPS) is 14.5. The van der Waals surface area contributed by atoms with Crippen molar-refractivity contribution in [3.8, 4) is 0 Å². The molecular weight excluding hydrogens is 532 g/mol. The molecule has 1 aliphatic rings. The molecule has 0 saturated heterocycles. The van der Waals surface area contributed by atoms with E-state index in [1.54, 1.807) is 0 Å². The van der Waals surface area contributed by atoms with Gasteiger partial charge in [0, 0.05) is 0 Å². The molecule has 0 bridgehead atoms. The molecule has 7 heteroatoms. The summed E-state index contributed by atoms with van der Waals surface area (Å²) in [6.45, 7) is 9.72. The summed E-state index contributed by atoms with van der Waals surface area (Å²) in [7, 11) is 0. The first-order valence-corrected chi connectivity index (χ1v) is 12.2. The summed E-state index contributed by atoms with van der Waals surface area (Å²) >= 11 is 2.31. The summed E-state index contributed by atoms with van der Waals surface area (Å²) in [6, 6.07) is 7.87. The van der Waals surface area contributed by atoms with Crippen molar-refractivity contribution in [2.75, 3.05) is 31.5 Å². The Morgan fingerprint density at radius 3 is 2.75 bits per heavy atom. The minimum absolute atomic E-state index is 0.0225. The van der Waals surface area contributed by atoms with Crippen LogP contribution in [0.2, 0.25) is 0 Å². The molecule has 1 aromatic carbocycles. The molecule has 0 unspecified atom stereocenters. The van der Waals surface area contributed by atoms with E-state index >= 15 is 0 Å². The fourth-order valence-corrected chi connectivity index (χ4v) is 5.73. The second-order valence-corrected chi connectivity index (χ2v) is 10.6. The molecule has 1 aromatic heterocycles. The number of amides is 2. The van der Waals surface area contributed by atoms with E-state index in [0.29, 0.717) is 12.1 Å². The first-order chi connectivity index (χ1) is 13.4. The van der Waals surface area contributed by atoms with Crippen molar-refractivity contribution in [1.29, 1.82) is 0 Å². The van der Waals surface area contributed by atoms with Gasteiger partial charge in [-0.05, 0) is 0 Å². The van der Waals surface area contributed by atoms with Crippen LogP contribution in [-0.4, -0.2) is 57.4 Å². The zero-order valence-corrected chi connectivity index (χ0v) is 20.1. The fourth-order valence-electron chi connectivity index (χ4n) is 3.21. The Hall–Kier alpha value is -1.41. The quantitative estimate of drug-likeness (QED) is 0.313. The van der Waals surface area contributed by atoms with Crippen LogP contribution in [0.4, 0.5) is 5.69 Å². The van der Waals surface area contributed by atoms with E-state index in [0.717, 1.165) is 48.9 Å². The third kappa shape index (κ3) is 4.76. The summed E-state index contributed by atoms with van der Waals surface area (Å²) < 4.78 is 3.24. The van der Waals surface area contributed by atoms with E-state index in [4.69, 9.17) is 0 Å². The molecule has 1 aliphatic heterocycles. The molecule has 2 amide bonds. The molecule has 0 fully saturated rings. The van der Waals surface area contributed by atoms with Crippen LogP contribution in [0.3, 0.4) is 0 Å². The van der Waals surface area contributed by atoms with E-state index in [1.165, 1.54) is 0 Å². The number of halogens is 1. The van der Waals surface area contributed by atoms with Gasteiger partial charge in [0.15, 0.2) is 0 Å². The topological polar surface area (TPSA) is 61.4 Å².